The molecule has 0 saturated heterocycles. The summed E-state index contributed by atoms with van der Waals surface area (Å²) in [5.41, 5.74) is 3.09. The van der Waals surface area contributed by atoms with Crippen molar-refractivity contribution in [2.75, 3.05) is 5.32 Å². The quantitative estimate of drug-likeness (QED) is 0.543. The predicted molar refractivity (Wildman–Crippen MR) is 29.4 cm³/mol. The molecule has 2 heterocycles. The topological polar surface area (TPSA) is 24.9 Å². The van der Waals surface area contributed by atoms with Crippen molar-refractivity contribution in [1.82, 2.24) is 4.98 Å². The number of hydrogen-bond acceptors (Lipinski definition) is 3. The Morgan fingerprint density at radius 3 is 3.14 bits per heavy atom. The molecule has 1 N–H and O–H groups in total. The standard InChI is InChI=1S/C4H4N2S/c1-3-4(5-1)7-2-6-3/h2,5H,1H2. The van der Waals surface area contributed by atoms with Gasteiger partial charge in [0.2, 0.25) is 0 Å². The van der Waals surface area contributed by atoms with Crippen LogP contribution in [0.1, 0.15) is 5.69 Å². The van der Waals surface area contributed by atoms with Gasteiger partial charge < -0.3 is 5.32 Å². The minimum atomic E-state index is 0.971. The van der Waals surface area contributed by atoms with Crippen LogP contribution in [0.25, 0.3) is 0 Å². The van der Waals surface area contributed by atoms with Crippen LogP contribution in [0.15, 0.2) is 5.51 Å². The Hall–Kier alpha value is -0.570. The van der Waals surface area contributed by atoms with Crippen molar-refractivity contribution in [1.29, 1.82) is 0 Å². The molecule has 2 rings (SSSR count). The number of hydrogen-bond donors (Lipinski definition) is 1. The van der Waals surface area contributed by atoms with E-state index in [9.17, 15) is 0 Å². The highest BCUT2D eigenvalue weighted by Crippen LogP contribution is 2.27. The number of nitrogens with zero attached hydrogens (tertiary/aromatic N) is 1. The summed E-state index contributed by atoms with van der Waals surface area (Å²) in [4.78, 5) is 4.06. The summed E-state index contributed by atoms with van der Waals surface area (Å²) in [6.07, 6.45) is 0. The van der Waals surface area contributed by atoms with Gasteiger partial charge in [0, 0.05) is 0 Å². The number of rotatable bonds is 0. The molecule has 0 saturated carbocycles. The highest BCUT2D eigenvalue weighted by atomic mass is 32.1. The molecule has 36 valence electrons. The van der Waals surface area contributed by atoms with Crippen molar-refractivity contribution in [3.63, 3.8) is 0 Å². The van der Waals surface area contributed by atoms with E-state index in [-0.39, 0.29) is 0 Å². The van der Waals surface area contributed by atoms with Gasteiger partial charge >= 0.3 is 0 Å². The van der Waals surface area contributed by atoms with Crippen molar-refractivity contribution in [2.45, 2.75) is 6.54 Å². The molecule has 0 amide bonds. The molecule has 0 atom stereocenters. The number of thiazole rings is 1. The van der Waals surface area contributed by atoms with Crippen LogP contribution in [0.2, 0.25) is 0 Å². The van der Waals surface area contributed by atoms with E-state index in [4.69, 9.17) is 0 Å². The van der Waals surface area contributed by atoms with E-state index in [1.165, 1.54) is 10.7 Å². The Kier molecular flexibility index (Phi) is 0.481. The molecule has 1 aliphatic rings. The van der Waals surface area contributed by atoms with Crippen molar-refractivity contribution in [2.24, 2.45) is 0 Å². The van der Waals surface area contributed by atoms with Gasteiger partial charge in [-0.2, -0.15) is 0 Å². The average molecular weight is 112 g/mol. The summed E-state index contributed by atoms with van der Waals surface area (Å²) >= 11 is 1.67. The minimum absolute atomic E-state index is 0.971. The molecule has 0 fully saturated rings. The Bertz CT molecular complexity index is 163. The summed E-state index contributed by atoms with van der Waals surface area (Å²) in [7, 11) is 0. The van der Waals surface area contributed by atoms with Gasteiger partial charge in [-0.05, 0) is 0 Å². The largest absolute Gasteiger partial charge is 0.370 e. The highest BCUT2D eigenvalue weighted by Gasteiger charge is 2.12. The molecule has 1 aliphatic heterocycles. The molecule has 7 heavy (non-hydrogen) atoms. The molecular formula is C4H4N2S. The third kappa shape index (κ3) is 0.307. The number of anilines is 1. The van der Waals surface area contributed by atoms with Crippen LogP contribution in [0.3, 0.4) is 0 Å². The second-order valence-corrected chi connectivity index (χ2v) is 2.34. The maximum Gasteiger partial charge on any atom is 0.114 e. The normalized spacial score (nSPS) is 14.3. The summed E-state index contributed by atoms with van der Waals surface area (Å²) in [6, 6.07) is 0. The van der Waals surface area contributed by atoms with Gasteiger partial charge in [-0.15, -0.1) is 11.3 Å². The van der Waals surface area contributed by atoms with Crippen LogP contribution >= 0.6 is 11.3 Å². The molecule has 0 unspecified atom stereocenters. The lowest BCUT2D eigenvalue weighted by Crippen LogP contribution is -2.10. The molecule has 2 nitrogen and oxygen atoms in total. The van der Waals surface area contributed by atoms with E-state index in [0.29, 0.717) is 0 Å². The van der Waals surface area contributed by atoms with E-state index in [1.54, 1.807) is 11.3 Å². The zero-order chi connectivity index (χ0) is 4.69. The second kappa shape index (κ2) is 0.980. The smallest absolute Gasteiger partial charge is 0.114 e. The van der Waals surface area contributed by atoms with Gasteiger partial charge in [0.1, 0.15) is 5.00 Å². The van der Waals surface area contributed by atoms with E-state index < -0.39 is 0 Å². The molecule has 1 aromatic rings. The molecule has 0 aliphatic carbocycles. The monoisotopic (exact) mass is 112 g/mol. The summed E-state index contributed by atoms with van der Waals surface area (Å²) in [5, 5.41) is 4.38. The van der Waals surface area contributed by atoms with Crippen molar-refractivity contribution >= 4 is 16.3 Å². The lowest BCUT2D eigenvalue weighted by Gasteiger charge is -2.11. The zero-order valence-corrected chi connectivity index (χ0v) is 4.46. The third-order valence-corrected chi connectivity index (χ3v) is 1.88. The van der Waals surface area contributed by atoms with Crippen LogP contribution in [-0.2, 0) is 6.54 Å². The first-order valence-corrected chi connectivity index (χ1v) is 3.01. The van der Waals surface area contributed by atoms with Crippen LogP contribution in [0.4, 0.5) is 5.00 Å². The number of fused-ring (bicyclic) bond motifs is 1. The van der Waals surface area contributed by atoms with Crippen LogP contribution in [0, 0.1) is 0 Å². The van der Waals surface area contributed by atoms with Crippen molar-refractivity contribution < 1.29 is 0 Å². The minimum Gasteiger partial charge on any atom is -0.370 e. The number of nitrogens with one attached hydrogen (secondary N) is 1. The van der Waals surface area contributed by atoms with Crippen LogP contribution in [-0.4, -0.2) is 4.98 Å². The van der Waals surface area contributed by atoms with E-state index in [1.807, 2.05) is 5.51 Å². The SMILES string of the molecule is c1nc2c(s1)NC2. The second-order valence-electron chi connectivity index (χ2n) is 1.48. The molecule has 1 aromatic heterocycles. The molecular weight excluding hydrogens is 108 g/mol. The van der Waals surface area contributed by atoms with Gasteiger partial charge in [0.05, 0.1) is 17.7 Å². The maximum absolute atomic E-state index is 4.06. The molecule has 0 aromatic carbocycles. The summed E-state index contributed by atoms with van der Waals surface area (Å²) < 4.78 is 0. The predicted octanol–water partition coefficient (Wildman–Crippen LogP) is 1.07. The van der Waals surface area contributed by atoms with Crippen molar-refractivity contribution in [3.05, 3.63) is 11.2 Å². The molecule has 0 bridgehead atoms. The Balaban J connectivity index is 2.69. The van der Waals surface area contributed by atoms with Crippen LogP contribution < -0.4 is 5.32 Å². The molecule has 0 radical (unpaired) electrons. The van der Waals surface area contributed by atoms with E-state index in [0.717, 1.165) is 6.54 Å². The lowest BCUT2D eigenvalue weighted by atomic mass is 10.3. The van der Waals surface area contributed by atoms with Crippen molar-refractivity contribution in [3.8, 4) is 0 Å². The van der Waals surface area contributed by atoms with Gasteiger partial charge in [-0.1, -0.05) is 0 Å². The van der Waals surface area contributed by atoms with Gasteiger partial charge in [0.15, 0.2) is 0 Å². The fraction of sp³-hybridized carbons (Fsp3) is 0.250. The van der Waals surface area contributed by atoms with E-state index >= 15 is 0 Å². The number of aromatic nitrogens is 1. The molecule has 3 heteroatoms. The summed E-state index contributed by atoms with van der Waals surface area (Å²) in [6.45, 7) is 0.971. The first kappa shape index (κ1) is 3.43. The zero-order valence-electron chi connectivity index (χ0n) is 3.64. The van der Waals surface area contributed by atoms with Gasteiger partial charge in [0.25, 0.3) is 0 Å². The van der Waals surface area contributed by atoms with Crippen LogP contribution in [0.5, 0.6) is 0 Å². The fourth-order valence-electron chi connectivity index (χ4n) is 0.596. The highest BCUT2D eigenvalue weighted by molar-refractivity contribution is 7.14. The molecule has 0 spiro atoms. The van der Waals surface area contributed by atoms with E-state index in [2.05, 4.69) is 10.3 Å². The Morgan fingerprint density at radius 2 is 2.86 bits per heavy atom. The lowest BCUT2D eigenvalue weighted by molar-refractivity contribution is 1.00. The third-order valence-electron chi connectivity index (χ3n) is 1.06. The first-order chi connectivity index (χ1) is 3.47. The van der Waals surface area contributed by atoms with Gasteiger partial charge in [-0.3, -0.25) is 0 Å². The summed E-state index contributed by atoms with van der Waals surface area (Å²) in [5.74, 6) is 0. The Morgan fingerprint density at radius 1 is 1.86 bits per heavy atom. The fourth-order valence-corrected chi connectivity index (χ4v) is 1.30. The average Bonchev–Trinajstić information content (AvgIpc) is 1.85. The first-order valence-electron chi connectivity index (χ1n) is 2.13. The Labute approximate surface area is 45.2 Å². The maximum atomic E-state index is 4.06. The van der Waals surface area contributed by atoms with Gasteiger partial charge in [-0.25, -0.2) is 4.98 Å².